The van der Waals surface area contributed by atoms with Gasteiger partial charge in [0.2, 0.25) is 11.7 Å². The van der Waals surface area contributed by atoms with E-state index in [2.05, 4.69) is 47.7 Å². The van der Waals surface area contributed by atoms with Crippen molar-refractivity contribution in [1.29, 1.82) is 0 Å². The molecule has 1 N–H and O–H groups in total. The second kappa shape index (κ2) is 8.99. The molecule has 144 valence electrons. The van der Waals surface area contributed by atoms with E-state index in [1.54, 1.807) is 13.2 Å². The quantitative estimate of drug-likeness (QED) is 0.613. The first kappa shape index (κ1) is 19.4. The molecule has 3 rings (SSSR count). The zero-order chi connectivity index (χ0) is 19.9. The van der Waals surface area contributed by atoms with Crippen molar-refractivity contribution in [3.05, 3.63) is 65.2 Å². The molecule has 0 spiro atoms. The van der Waals surface area contributed by atoms with E-state index in [9.17, 15) is 4.79 Å². The zero-order valence-corrected chi connectivity index (χ0v) is 16.2. The lowest BCUT2D eigenvalue weighted by Crippen LogP contribution is -2.09. The van der Waals surface area contributed by atoms with E-state index in [4.69, 9.17) is 9.37 Å². The Labute approximate surface area is 164 Å². The van der Waals surface area contributed by atoms with Crippen LogP contribution in [0.4, 0.5) is 5.82 Å². The molecule has 28 heavy (non-hydrogen) atoms. The van der Waals surface area contributed by atoms with Crippen LogP contribution >= 0.6 is 0 Å². The molecule has 2 aromatic carbocycles. The summed E-state index contributed by atoms with van der Waals surface area (Å²) in [6.07, 6.45) is 4.92. The van der Waals surface area contributed by atoms with E-state index in [1.807, 2.05) is 24.3 Å². The molecule has 6 nitrogen and oxygen atoms in total. The number of aryl methyl sites for hydroxylation is 2. The number of ether oxygens (including phenoxy) is 1. The second-order valence-electron chi connectivity index (χ2n) is 6.26. The number of hydrogen-bond donors (Lipinski definition) is 1. The van der Waals surface area contributed by atoms with Crippen molar-refractivity contribution in [2.45, 2.75) is 26.7 Å². The van der Waals surface area contributed by atoms with Gasteiger partial charge in [0, 0.05) is 11.6 Å². The Hall–Kier alpha value is -3.41. The highest BCUT2D eigenvalue weighted by Gasteiger charge is 2.17. The largest absolute Gasteiger partial charge is 0.497 e. The predicted molar refractivity (Wildman–Crippen MR) is 109 cm³/mol. The number of carbonyl (C=O) groups is 1. The number of aromatic nitrogens is 2. The summed E-state index contributed by atoms with van der Waals surface area (Å²) in [7, 11) is 1.61. The highest BCUT2D eigenvalue weighted by Crippen LogP contribution is 2.29. The highest BCUT2D eigenvalue weighted by molar-refractivity contribution is 6.03. The molecule has 0 unspecified atom stereocenters. The molecule has 0 aliphatic rings. The van der Waals surface area contributed by atoms with Gasteiger partial charge in [-0.05, 0) is 64.1 Å². The summed E-state index contributed by atoms with van der Waals surface area (Å²) in [5.41, 5.74) is 4.67. The Balaban J connectivity index is 1.78. The monoisotopic (exact) mass is 377 g/mol. The number of nitrogens with one attached hydrogen (secondary N) is 1. The molecule has 1 aromatic heterocycles. The number of carbonyl (C=O) groups excluding carboxylic acids is 1. The maximum atomic E-state index is 12.3. The first-order valence-corrected chi connectivity index (χ1v) is 9.22. The van der Waals surface area contributed by atoms with Gasteiger partial charge < -0.3 is 10.1 Å². The van der Waals surface area contributed by atoms with Crippen LogP contribution in [0.15, 0.2) is 53.2 Å². The fraction of sp³-hybridized carbons (Fsp3) is 0.227. The van der Waals surface area contributed by atoms with Crippen LogP contribution in [0.5, 0.6) is 5.75 Å². The minimum absolute atomic E-state index is 0.308. The van der Waals surface area contributed by atoms with Gasteiger partial charge in [0.1, 0.15) is 5.75 Å². The van der Waals surface area contributed by atoms with Crippen molar-refractivity contribution in [3.8, 4) is 17.0 Å². The fourth-order valence-corrected chi connectivity index (χ4v) is 2.86. The topological polar surface area (TPSA) is 77.3 Å². The van der Waals surface area contributed by atoms with Crippen molar-refractivity contribution in [2.75, 3.05) is 12.4 Å². The van der Waals surface area contributed by atoms with Gasteiger partial charge in [-0.15, -0.1) is 0 Å². The molecular formula is C22H23N3O3. The summed E-state index contributed by atoms with van der Waals surface area (Å²) in [5, 5.41) is 10.6. The van der Waals surface area contributed by atoms with Crippen molar-refractivity contribution >= 4 is 17.8 Å². The minimum atomic E-state index is -0.308. The Kier molecular flexibility index (Phi) is 6.22. The van der Waals surface area contributed by atoms with Crippen molar-refractivity contribution in [3.63, 3.8) is 0 Å². The summed E-state index contributed by atoms with van der Waals surface area (Å²) in [6.45, 7) is 4.17. The van der Waals surface area contributed by atoms with Gasteiger partial charge in [0.15, 0.2) is 5.69 Å². The lowest BCUT2D eigenvalue weighted by atomic mass is 9.98. The summed E-state index contributed by atoms with van der Waals surface area (Å²) < 4.78 is 10.0. The van der Waals surface area contributed by atoms with Crippen molar-refractivity contribution in [1.82, 2.24) is 10.3 Å². The normalized spacial score (nSPS) is 11.0. The Bertz CT molecular complexity index is 975. The van der Waals surface area contributed by atoms with Crippen LogP contribution < -0.4 is 10.1 Å². The molecule has 6 heteroatoms. The van der Waals surface area contributed by atoms with Gasteiger partial charge in [-0.1, -0.05) is 38.1 Å². The van der Waals surface area contributed by atoms with Gasteiger partial charge in [-0.25, -0.2) is 4.63 Å². The number of anilines is 1. The van der Waals surface area contributed by atoms with Crippen LogP contribution in [0.25, 0.3) is 17.3 Å². The smallest absolute Gasteiger partial charge is 0.249 e. The van der Waals surface area contributed by atoms with E-state index >= 15 is 0 Å². The first-order valence-electron chi connectivity index (χ1n) is 9.22. The predicted octanol–water partition coefficient (Wildman–Crippen LogP) is 4.52. The summed E-state index contributed by atoms with van der Waals surface area (Å²) >= 11 is 0. The second-order valence-corrected chi connectivity index (χ2v) is 6.26. The standard InChI is InChI=1S/C22H23N3O3/c1-4-15-6-10-17(5-2)19(14-15)21-22(25-28-24-21)23-20(26)13-9-16-7-11-18(27-3)12-8-16/h6-14H,4-5H2,1-3H3,(H,23,25,26)/b13-9+. The van der Waals surface area contributed by atoms with Crippen LogP contribution in [0.3, 0.4) is 0 Å². The highest BCUT2D eigenvalue weighted by atomic mass is 16.6. The summed E-state index contributed by atoms with van der Waals surface area (Å²) in [5.74, 6) is 0.769. The third kappa shape index (κ3) is 4.46. The van der Waals surface area contributed by atoms with Gasteiger partial charge in [0.25, 0.3) is 0 Å². The zero-order valence-electron chi connectivity index (χ0n) is 16.2. The molecule has 1 amide bonds. The molecule has 0 radical (unpaired) electrons. The number of rotatable bonds is 7. The van der Waals surface area contributed by atoms with Gasteiger partial charge in [-0.2, -0.15) is 0 Å². The number of methoxy groups -OCH3 is 1. The minimum Gasteiger partial charge on any atom is -0.497 e. The Morgan fingerprint density at radius 2 is 1.89 bits per heavy atom. The van der Waals surface area contributed by atoms with E-state index in [-0.39, 0.29) is 5.91 Å². The van der Waals surface area contributed by atoms with Crippen molar-refractivity contribution in [2.24, 2.45) is 0 Å². The molecule has 0 aliphatic carbocycles. The molecule has 0 atom stereocenters. The van der Waals surface area contributed by atoms with Crippen molar-refractivity contribution < 1.29 is 14.2 Å². The maximum Gasteiger partial charge on any atom is 0.249 e. The molecule has 0 saturated heterocycles. The number of benzene rings is 2. The molecule has 1 heterocycles. The Morgan fingerprint density at radius 3 is 2.57 bits per heavy atom. The number of hydrogen-bond acceptors (Lipinski definition) is 5. The molecular weight excluding hydrogens is 354 g/mol. The summed E-state index contributed by atoms with van der Waals surface area (Å²) in [4.78, 5) is 12.3. The van der Waals surface area contributed by atoms with Crippen LogP contribution in [-0.2, 0) is 17.6 Å². The van der Waals surface area contributed by atoms with Crippen LogP contribution in [0, 0.1) is 0 Å². The van der Waals surface area contributed by atoms with E-state index < -0.39 is 0 Å². The first-order chi connectivity index (χ1) is 13.6. The van der Waals surface area contributed by atoms with Gasteiger partial charge >= 0.3 is 0 Å². The van der Waals surface area contributed by atoms with Crippen LogP contribution in [0.2, 0.25) is 0 Å². The average Bonchev–Trinajstić information content (AvgIpc) is 3.19. The van der Waals surface area contributed by atoms with E-state index in [0.29, 0.717) is 11.5 Å². The Morgan fingerprint density at radius 1 is 1.11 bits per heavy atom. The van der Waals surface area contributed by atoms with Gasteiger partial charge in [-0.3, -0.25) is 4.79 Å². The fourth-order valence-electron chi connectivity index (χ4n) is 2.86. The average molecular weight is 377 g/mol. The maximum absolute atomic E-state index is 12.3. The molecule has 0 fully saturated rings. The van der Waals surface area contributed by atoms with Gasteiger partial charge in [0.05, 0.1) is 7.11 Å². The van der Waals surface area contributed by atoms with E-state index in [1.165, 1.54) is 11.6 Å². The SMILES string of the molecule is CCc1ccc(CC)c(-c2nonc2NC(=O)/C=C/c2ccc(OC)cc2)c1. The molecule has 3 aromatic rings. The van der Waals surface area contributed by atoms with Crippen LogP contribution in [0.1, 0.15) is 30.5 Å². The molecule has 0 saturated carbocycles. The number of amides is 1. The third-order valence-electron chi connectivity index (χ3n) is 4.49. The molecule has 0 aliphatic heterocycles. The van der Waals surface area contributed by atoms with E-state index in [0.717, 1.165) is 35.3 Å². The van der Waals surface area contributed by atoms with Crippen LogP contribution in [-0.4, -0.2) is 23.3 Å². The lowest BCUT2D eigenvalue weighted by molar-refractivity contribution is -0.111. The third-order valence-corrected chi connectivity index (χ3v) is 4.49. The number of nitrogens with zero attached hydrogens (tertiary/aromatic N) is 2. The molecule has 0 bridgehead atoms. The summed E-state index contributed by atoms with van der Waals surface area (Å²) in [6, 6.07) is 13.7. The lowest BCUT2D eigenvalue weighted by Gasteiger charge is -2.08.